The Bertz CT molecular complexity index is 781. The van der Waals surface area contributed by atoms with E-state index in [2.05, 4.69) is 10.6 Å². The third-order valence-corrected chi connectivity index (χ3v) is 3.52. The van der Waals surface area contributed by atoms with Gasteiger partial charge < -0.3 is 20.8 Å². The highest BCUT2D eigenvalue weighted by Gasteiger charge is 2.21. The number of carboxylic acid groups (broad SMARTS) is 2. The molecule has 1 aromatic carbocycles. The summed E-state index contributed by atoms with van der Waals surface area (Å²) in [5.41, 5.74) is 0.855. The van der Waals surface area contributed by atoms with Crippen molar-refractivity contribution in [2.24, 2.45) is 0 Å². The number of Topliss-reactive ketones (excluding diaryl/α,β-unsaturated/α-hetero) is 1. The molecule has 1 unspecified atom stereocenters. The van der Waals surface area contributed by atoms with Gasteiger partial charge in [-0.15, -0.1) is 0 Å². The van der Waals surface area contributed by atoms with E-state index in [0.717, 1.165) is 6.08 Å². The molecule has 0 aliphatic rings. The topological polar surface area (TPSA) is 150 Å². The highest BCUT2D eigenvalue weighted by molar-refractivity contribution is 6.06. The first-order chi connectivity index (χ1) is 12.6. The second kappa shape index (κ2) is 9.85. The Balaban J connectivity index is 2.70. The summed E-state index contributed by atoms with van der Waals surface area (Å²) >= 11 is 0. The zero-order valence-corrected chi connectivity index (χ0v) is 14.8. The van der Waals surface area contributed by atoms with Crippen LogP contribution in [0, 0.1) is 0 Å². The van der Waals surface area contributed by atoms with Gasteiger partial charge in [0.05, 0.1) is 0 Å². The number of benzene rings is 1. The van der Waals surface area contributed by atoms with E-state index in [-0.39, 0.29) is 17.8 Å². The summed E-state index contributed by atoms with van der Waals surface area (Å²) in [6.45, 7) is 2.74. The van der Waals surface area contributed by atoms with Crippen molar-refractivity contribution in [1.29, 1.82) is 0 Å². The SMILES string of the molecule is CC(=O)c1ccc(NC(=O)/C=C(/C)C(=O)NC(CCC(=O)O)C(=O)O)cc1. The Hall–Kier alpha value is -3.49. The quantitative estimate of drug-likeness (QED) is 0.374. The van der Waals surface area contributed by atoms with Gasteiger partial charge in [-0.3, -0.25) is 19.2 Å². The molecule has 1 aromatic rings. The second-order valence-electron chi connectivity index (χ2n) is 5.75. The van der Waals surface area contributed by atoms with E-state index in [1.807, 2.05) is 0 Å². The van der Waals surface area contributed by atoms with Gasteiger partial charge in [0.2, 0.25) is 11.8 Å². The van der Waals surface area contributed by atoms with E-state index in [0.29, 0.717) is 11.3 Å². The van der Waals surface area contributed by atoms with E-state index < -0.39 is 36.2 Å². The van der Waals surface area contributed by atoms with E-state index in [1.165, 1.54) is 26.0 Å². The van der Waals surface area contributed by atoms with Gasteiger partial charge in [0.1, 0.15) is 6.04 Å². The van der Waals surface area contributed by atoms with Gasteiger partial charge in [-0.2, -0.15) is 0 Å². The number of anilines is 1. The van der Waals surface area contributed by atoms with Gasteiger partial charge in [0.15, 0.2) is 5.78 Å². The van der Waals surface area contributed by atoms with Gasteiger partial charge in [-0.25, -0.2) is 4.79 Å². The van der Waals surface area contributed by atoms with E-state index in [4.69, 9.17) is 10.2 Å². The zero-order chi connectivity index (χ0) is 20.6. The molecule has 0 aliphatic heterocycles. The van der Waals surface area contributed by atoms with E-state index in [1.54, 1.807) is 12.1 Å². The molecule has 0 heterocycles. The minimum atomic E-state index is -1.38. The number of carbonyl (C=O) groups is 5. The van der Waals surface area contributed by atoms with Crippen molar-refractivity contribution in [2.45, 2.75) is 32.7 Å². The maximum Gasteiger partial charge on any atom is 0.326 e. The second-order valence-corrected chi connectivity index (χ2v) is 5.75. The first-order valence-corrected chi connectivity index (χ1v) is 7.96. The van der Waals surface area contributed by atoms with Crippen molar-refractivity contribution in [3.63, 3.8) is 0 Å². The fourth-order valence-corrected chi connectivity index (χ4v) is 2.03. The van der Waals surface area contributed by atoms with Crippen molar-refractivity contribution in [3.05, 3.63) is 41.5 Å². The molecule has 144 valence electrons. The van der Waals surface area contributed by atoms with Crippen molar-refractivity contribution in [3.8, 4) is 0 Å². The number of hydrogen-bond donors (Lipinski definition) is 4. The predicted molar refractivity (Wildman–Crippen MR) is 95.3 cm³/mol. The van der Waals surface area contributed by atoms with Gasteiger partial charge in [-0.05, 0) is 44.5 Å². The predicted octanol–water partition coefficient (Wildman–Crippen LogP) is 1.21. The molecule has 0 saturated heterocycles. The Labute approximate surface area is 155 Å². The molecule has 27 heavy (non-hydrogen) atoms. The molecule has 0 fully saturated rings. The van der Waals surface area contributed by atoms with E-state index in [9.17, 15) is 24.0 Å². The lowest BCUT2D eigenvalue weighted by Crippen LogP contribution is -2.41. The zero-order valence-electron chi connectivity index (χ0n) is 14.8. The highest BCUT2D eigenvalue weighted by Crippen LogP contribution is 2.10. The van der Waals surface area contributed by atoms with Crippen LogP contribution in [0.15, 0.2) is 35.9 Å². The summed E-state index contributed by atoms with van der Waals surface area (Å²) < 4.78 is 0. The number of hydrogen-bond acceptors (Lipinski definition) is 5. The Morgan fingerprint density at radius 2 is 1.63 bits per heavy atom. The molecule has 0 radical (unpaired) electrons. The number of carboxylic acids is 2. The lowest BCUT2D eigenvalue weighted by atomic mass is 10.1. The number of ketones is 1. The number of carbonyl (C=O) groups excluding carboxylic acids is 3. The molecule has 9 heteroatoms. The maximum atomic E-state index is 12.0. The van der Waals surface area contributed by atoms with Crippen LogP contribution in [-0.2, 0) is 19.2 Å². The van der Waals surface area contributed by atoms with Crippen LogP contribution in [0.5, 0.6) is 0 Å². The average molecular weight is 376 g/mol. The van der Waals surface area contributed by atoms with E-state index >= 15 is 0 Å². The molecular weight excluding hydrogens is 356 g/mol. The third kappa shape index (κ3) is 7.51. The largest absolute Gasteiger partial charge is 0.481 e. The average Bonchev–Trinajstić information content (AvgIpc) is 2.58. The van der Waals surface area contributed by atoms with Crippen molar-refractivity contribution in [1.82, 2.24) is 5.32 Å². The minimum absolute atomic E-state index is 0.0468. The molecule has 0 bridgehead atoms. The fourth-order valence-electron chi connectivity index (χ4n) is 2.03. The number of amides is 2. The number of rotatable bonds is 9. The van der Waals surface area contributed by atoms with Crippen molar-refractivity contribution >= 4 is 35.2 Å². The lowest BCUT2D eigenvalue weighted by Gasteiger charge is -2.13. The van der Waals surface area contributed by atoms with Crippen LogP contribution < -0.4 is 10.6 Å². The molecule has 0 spiro atoms. The van der Waals surface area contributed by atoms with Crippen LogP contribution in [0.1, 0.15) is 37.0 Å². The highest BCUT2D eigenvalue weighted by atomic mass is 16.4. The molecule has 0 saturated carbocycles. The molecule has 1 rings (SSSR count). The summed E-state index contributed by atoms with van der Waals surface area (Å²) in [4.78, 5) is 56.8. The van der Waals surface area contributed by atoms with Crippen LogP contribution in [0.4, 0.5) is 5.69 Å². The normalized spacial score (nSPS) is 12.0. The maximum absolute atomic E-state index is 12.0. The molecule has 4 N–H and O–H groups in total. The van der Waals surface area contributed by atoms with Crippen molar-refractivity contribution < 1.29 is 34.2 Å². The van der Waals surface area contributed by atoms with Gasteiger partial charge in [-0.1, -0.05) is 0 Å². The first kappa shape index (κ1) is 21.6. The van der Waals surface area contributed by atoms with Gasteiger partial charge in [0.25, 0.3) is 0 Å². The van der Waals surface area contributed by atoms with Crippen LogP contribution >= 0.6 is 0 Å². The Kier molecular flexibility index (Phi) is 7.87. The Morgan fingerprint density at radius 3 is 2.11 bits per heavy atom. The standard InChI is InChI=1S/C18H20N2O7/c1-10(17(25)20-14(18(26)27)7-8-16(23)24)9-15(22)19-13-5-3-12(4-6-13)11(2)21/h3-6,9,14H,7-8H2,1-2H3,(H,19,22)(H,20,25)(H,23,24)(H,26,27)/b10-9-. The van der Waals surface area contributed by atoms with Gasteiger partial charge in [0, 0.05) is 29.3 Å². The molecule has 0 aliphatic carbocycles. The summed E-state index contributed by atoms with van der Waals surface area (Å²) in [7, 11) is 0. The summed E-state index contributed by atoms with van der Waals surface area (Å²) in [5.74, 6) is -4.08. The molecule has 9 nitrogen and oxygen atoms in total. The first-order valence-electron chi connectivity index (χ1n) is 7.96. The monoisotopic (exact) mass is 376 g/mol. The van der Waals surface area contributed by atoms with Crippen LogP contribution in [0.3, 0.4) is 0 Å². The summed E-state index contributed by atoms with van der Waals surface area (Å²) in [5, 5.41) is 22.3. The minimum Gasteiger partial charge on any atom is -0.481 e. The molecule has 0 aromatic heterocycles. The molecule has 2 amide bonds. The molecule has 1 atom stereocenters. The Morgan fingerprint density at radius 1 is 1.04 bits per heavy atom. The number of aliphatic carboxylic acids is 2. The van der Waals surface area contributed by atoms with Crippen LogP contribution in [0.25, 0.3) is 0 Å². The number of nitrogens with one attached hydrogen (secondary N) is 2. The third-order valence-electron chi connectivity index (χ3n) is 3.52. The fraction of sp³-hybridized carbons (Fsp3) is 0.278. The molecular formula is C18H20N2O7. The van der Waals surface area contributed by atoms with Crippen molar-refractivity contribution in [2.75, 3.05) is 5.32 Å². The smallest absolute Gasteiger partial charge is 0.326 e. The lowest BCUT2D eigenvalue weighted by molar-refractivity contribution is -0.142. The van der Waals surface area contributed by atoms with Crippen LogP contribution in [0.2, 0.25) is 0 Å². The van der Waals surface area contributed by atoms with Gasteiger partial charge >= 0.3 is 11.9 Å². The summed E-state index contributed by atoms with van der Waals surface area (Å²) in [6, 6.07) is 4.77. The summed E-state index contributed by atoms with van der Waals surface area (Å²) in [6.07, 6.45) is 0.291. The van der Waals surface area contributed by atoms with Crippen LogP contribution in [-0.4, -0.2) is 45.8 Å².